The number of benzene rings is 1. The van der Waals surface area contributed by atoms with Gasteiger partial charge in [0.1, 0.15) is 11.6 Å². The number of nitrogens with one attached hydrogen (secondary N) is 1. The zero-order chi connectivity index (χ0) is 23.7. The third kappa shape index (κ3) is 5.21. The van der Waals surface area contributed by atoms with Crippen LogP contribution in [0.2, 0.25) is 0 Å². The number of hydrogen-bond acceptors (Lipinski definition) is 5. The molecule has 0 radical (unpaired) electrons. The third-order valence-corrected chi connectivity index (χ3v) is 6.66. The summed E-state index contributed by atoms with van der Waals surface area (Å²) in [6.07, 6.45) is 3.09. The number of aryl methyl sites for hydroxylation is 1. The van der Waals surface area contributed by atoms with Gasteiger partial charge in [-0.3, -0.25) is 9.59 Å². The quantitative estimate of drug-likeness (QED) is 0.613. The third-order valence-electron chi connectivity index (χ3n) is 6.66. The van der Waals surface area contributed by atoms with Crippen LogP contribution in [0.15, 0.2) is 22.7 Å². The summed E-state index contributed by atoms with van der Waals surface area (Å²) in [4.78, 5) is 26.8. The molecule has 1 aromatic heterocycles. The van der Waals surface area contributed by atoms with Gasteiger partial charge in [0.2, 0.25) is 11.8 Å². The Labute approximate surface area is 189 Å². The number of nitrogens with zero attached hydrogens (tertiary/aromatic N) is 2. The van der Waals surface area contributed by atoms with Crippen LogP contribution >= 0.6 is 0 Å². The number of aromatic nitrogens is 1. The molecule has 33 heavy (non-hydrogen) atoms. The van der Waals surface area contributed by atoms with Crippen LogP contribution < -0.4 is 11.1 Å². The van der Waals surface area contributed by atoms with Crippen LogP contribution in [0.1, 0.15) is 42.7 Å². The van der Waals surface area contributed by atoms with E-state index in [4.69, 9.17) is 10.3 Å². The van der Waals surface area contributed by atoms with Gasteiger partial charge >= 0.3 is 0 Å². The molecule has 0 unspecified atom stereocenters. The largest absolute Gasteiger partial charge is 0.361 e. The number of carbonyl (C=O) groups excluding carboxylic acids is 2. The van der Waals surface area contributed by atoms with E-state index in [0.717, 1.165) is 18.9 Å². The summed E-state index contributed by atoms with van der Waals surface area (Å²) in [5.41, 5.74) is 7.06. The highest BCUT2D eigenvalue weighted by atomic mass is 19.2. The SMILES string of the molecule is Cc1cc(CC(=O)NCC(=O)N2[C@@H]3CC[C@@H]2CC([C@H](N)Cc2cc(F)c(F)cc2F)C3)on1. The van der Waals surface area contributed by atoms with E-state index in [1.165, 1.54) is 0 Å². The molecule has 7 nitrogen and oxygen atoms in total. The van der Waals surface area contributed by atoms with Crippen molar-refractivity contribution in [1.29, 1.82) is 0 Å². The van der Waals surface area contributed by atoms with E-state index in [-0.39, 0.29) is 54.8 Å². The Bertz CT molecular complexity index is 1030. The topological polar surface area (TPSA) is 101 Å². The predicted molar refractivity (Wildman–Crippen MR) is 112 cm³/mol. The van der Waals surface area contributed by atoms with E-state index < -0.39 is 23.5 Å². The molecule has 2 saturated heterocycles. The Balaban J connectivity index is 1.30. The zero-order valence-electron chi connectivity index (χ0n) is 18.3. The van der Waals surface area contributed by atoms with Gasteiger partial charge in [0.15, 0.2) is 11.6 Å². The number of piperidine rings is 1. The molecule has 1 aromatic carbocycles. The highest BCUT2D eigenvalue weighted by Gasteiger charge is 2.44. The van der Waals surface area contributed by atoms with Gasteiger partial charge in [-0.1, -0.05) is 5.16 Å². The number of carbonyl (C=O) groups is 2. The lowest BCUT2D eigenvalue weighted by Gasteiger charge is -2.41. The van der Waals surface area contributed by atoms with Gasteiger partial charge in [-0.15, -0.1) is 0 Å². The van der Waals surface area contributed by atoms with Gasteiger partial charge in [0.25, 0.3) is 0 Å². The van der Waals surface area contributed by atoms with Crippen LogP contribution in [0, 0.1) is 30.3 Å². The molecule has 10 heteroatoms. The second kappa shape index (κ2) is 9.54. The fraction of sp³-hybridized carbons (Fsp3) is 0.522. The molecule has 3 heterocycles. The van der Waals surface area contributed by atoms with E-state index in [2.05, 4.69) is 10.5 Å². The highest BCUT2D eigenvalue weighted by Crippen LogP contribution is 2.40. The number of hydrogen-bond donors (Lipinski definition) is 2. The highest BCUT2D eigenvalue weighted by molar-refractivity contribution is 5.86. The molecule has 2 aliphatic rings. The minimum Gasteiger partial charge on any atom is -0.361 e. The predicted octanol–water partition coefficient (Wildman–Crippen LogP) is 2.40. The Hall–Kier alpha value is -2.88. The second-order valence-electron chi connectivity index (χ2n) is 9.03. The van der Waals surface area contributed by atoms with Gasteiger partial charge in [0.05, 0.1) is 18.7 Å². The number of fused-ring (bicyclic) bond motifs is 2. The fourth-order valence-corrected chi connectivity index (χ4v) is 5.10. The molecule has 0 aliphatic carbocycles. The zero-order valence-corrected chi connectivity index (χ0v) is 18.3. The normalized spacial score (nSPS) is 22.9. The van der Waals surface area contributed by atoms with Gasteiger partial charge < -0.3 is 20.5 Å². The van der Waals surface area contributed by atoms with Crippen LogP contribution in [-0.4, -0.2) is 46.5 Å². The molecule has 3 atom stereocenters. The molecule has 2 aliphatic heterocycles. The summed E-state index contributed by atoms with van der Waals surface area (Å²) in [5.74, 6) is -3.14. The van der Waals surface area contributed by atoms with Crippen molar-refractivity contribution in [1.82, 2.24) is 15.4 Å². The average molecular weight is 464 g/mol. The molecule has 2 bridgehead atoms. The van der Waals surface area contributed by atoms with E-state index in [1.54, 1.807) is 13.0 Å². The monoisotopic (exact) mass is 464 g/mol. The minimum absolute atomic E-state index is 0.00377. The van der Waals surface area contributed by atoms with Crippen molar-refractivity contribution in [3.8, 4) is 0 Å². The Morgan fingerprint density at radius 3 is 2.45 bits per heavy atom. The Kier molecular flexibility index (Phi) is 6.73. The minimum atomic E-state index is -1.22. The van der Waals surface area contributed by atoms with Gasteiger partial charge in [0, 0.05) is 30.3 Å². The molecule has 0 spiro atoms. The number of amides is 2. The Morgan fingerprint density at radius 2 is 1.82 bits per heavy atom. The summed E-state index contributed by atoms with van der Waals surface area (Å²) >= 11 is 0. The van der Waals surface area contributed by atoms with Crippen molar-refractivity contribution in [3.63, 3.8) is 0 Å². The Morgan fingerprint density at radius 1 is 1.15 bits per heavy atom. The number of nitrogens with two attached hydrogens (primary N) is 1. The smallest absolute Gasteiger partial charge is 0.242 e. The summed E-state index contributed by atoms with van der Waals surface area (Å²) in [7, 11) is 0. The second-order valence-corrected chi connectivity index (χ2v) is 9.03. The van der Waals surface area contributed by atoms with Crippen LogP contribution in [0.4, 0.5) is 13.2 Å². The van der Waals surface area contributed by atoms with Crippen molar-refractivity contribution in [3.05, 3.63) is 52.7 Å². The fourth-order valence-electron chi connectivity index (χ4n) is 5.10. The molecule has 2 amide bonds. The maximum absolute atomic E-state index is 14.0. The standard InChI is InChI=1S/C23H27F3N4O3/c1-12-4-17(33-29-12)9-22(31)28-11-23(32)30-15-2-3-16(30)6-14(5-15)21(27)8-13-7-19(25)20(26)10-18(13)24/h4,7,10,14-16,21H,2-3,5-6,8-9,11,27H2,1H3,(H,28,31)/t15-,16-,21-/m1/s1. The molecular weight excluding hydrogens is 437 g/mol. The van der Waals surface area contributed by atoms with Crippen molar-refractivity contribution in [2.24, 2.45) is 11.7 Å². The maximum atomic E-state index is 14.0. The van der Waals surface area contributed by atoms with E-state index >= 15 is 0 Å². The van der Waals surface area contributed by atoms with Crippen LogP contribution in [0.25, 0.3) is 0 Å². The van der Waals surface area contributed by atoms with Gasteiger partial charge in [-0.25, -0.2) is 13.2 Å². The molecule has 4 rings (SSSR count). The number of rotatable bonds is 7. The molecule has 0 saturated carbocycles. The van der Waals surface area contributed by atoms with E-state index in [1.807, 2.05) is 4.90 Å². The summed E-state index contributed by atoms with van der Waals surface area (Å²) in [6, 6.07) is 2.63. The van der Waals surface area contributed by atoms with Crippen molar-refractivity contribution >= 4 is 11.8 Å². The number of halogens is 3. The molecule has 3 N–H and O–H groups in total. The van der Waals surface area contributed by atoms with Crippen LogP contribution in [-0.2, 0) is 22.4 Å². The van der Waals surface area contributed by atoms with Crippen molar-refractivity contribution < 1.29 is 27.3 Å². The molecule has 178 valence electrons. The first-order valence-electron chi connectivity index (χ1n) is 11.1. The first kappa shape index (κ1) is 23.3. The van der Waals surface area contributed by atoms with Crippen LogP contribution in [0.5, 0.6) is 0 Å². The van der Waals surface area contributed by atoms with E-state index in [9.17, 15) is 22.8 Å². The summed E-state index contributed by atoms with van der Waals surface area (Å²) in [6.45, 7) is 1.66. The lowest BCUT2D eigenvalue weighted by atomic mass is 9.82. The van der Waals surface area contributed by atoms with Gasteiger partial charge in [-0.2, -0.15) is 0 Å². The lowest BCUT2D eigenvalue weighted by molar-refractivity contribution is -0.137. The first-order valence-corrected chi connectivity index (χ1v) is 11.1. The molecule has 2 fully saturated rings. The average Bonchev–Trinajstić information content (AvgIpc) is 3.29. The molecular formula is C23H27F3N4O3. The van der Waals surface area contributed by atoms with Gasteiger partial charge in [-0.05, 0) is 56.6 Å². The van der Waals surface area contributed by atoms with Crippen LogP contribution in [0.3, 0.4) is 0 Å². The maximum Gasteiger partial charge on any atom is 0.242 e. The summed E-state index contributed by atoms with van der Waals surface area (Å²) < 4.78 is 45.7. The summed E-state index contributed by atoms with van der Waals surface area (Å²) in [5, 5.41) is 6.37. The lowest BCUT2D eigenvalue weighted by Crippen LogP contribution is -2.52. The van der Waals surface area contributed by atoms with Crippen molar-refractivity contribution in [2.45, 2.75) is 63.6 Å². The van der Waals surface area contributed by atoms with Crippen molar-refractivity contribution in [2.75, 3.05) is 6.54 Å². The molecule has 2 aromatic rings. The van der Waals surface area contributed by atoms with E-state index in [0.29, 0.717) is 30.4 Å². The first-order chi connectivity index (χ1) is 15.7.